The molecule has 1 fully saturated rings. The fourth-order valence-corrected chi connectivity index (χ4v) is 4.38. The average molecular weight is 377 g/mol. The summed E-state index contributed by atoms with van der Waals surface area (Å²) >= 11 is 0. The molecule has 1 amide bonds. The van der Waals surface area contributed by atoms with Gasteiger partial charge in [0.1, 0.15) is 0 Å². The smallest absolute Gasteiger partial charge is 0.311 e. The summed E-state index contributed by atoms with van der Waals surface area (Å²) in [6.45, 7) is 1.94. The highest BCUT2D eigenvalue weighted by Crippen LogP contribution is 2.32. The van der Waals surface area contributed by atoms with Crippen LogP contribution in [0, 0.1) is 5.41 Å². The highest BCUT2D eigenvalue weighted by atomic mass is 32.2. The van der Waals surface area contributed by atoms with Crippen LogP contribution in [-0.2, 0) is 20.4 Å². The number of likely N-dealkylation sites (tertiary alicyclic amines) is 1. The molecule has 1 atom stereocenters. The van der Waals surface area contributed by atoms with Gasteiger partial charge in [-0.05, 0) is 31.5 Å². The van der Waals surface area contributed by atoms with Gasteiger partial charge in [0.25, 0.3) is 5.91 Å². The van der Waals surface area contributed by atoms with E-state index in [4.69, 9.17) is 4.42 Å². The lowest BCUT2D eigenvalue weighted by atomic mass is 9.90. The number of sulfone groups is 1. The third-order valence-corrected chi connectivity index (χ3v) is 6.35. The maximum atomic E-state index is 12.7. The Kier molecular flexibility index (Phi) is 4.62. The van der Waals surface area contributed by atoms with E-state index in [0.717, 1.165) is 0 Å². The fourth-order valence-electron chi connectivity index (χ4n) is 3.01. The predicted octanol–water partition coefficient (Wildman–Crippen LogP) is 2.19. The molecule has 138 valence electrons. The van der Waals surface area contributed by atoms with E-state index in [1.54, 1.807) is 25.1 Å². The lowest BCUT2D eigenvalue weighted by molar-refractivity contribution is -0.147. The Morgan fingerprint density at radius 2 is 1.92 bits per heavy atom. The average Bonchev–Trinajstić information content (AvgIpc) is 3.22. The Morgan fingerprint density at radius 1 is 1.23 bits per heavy atom. The highest BCUT2D eigenvalue weighted by Gasteiger charge is 2.43. The van der Waals surface area contributed by atoms with E-state index < -0.39 is 27.1 Å². The molecule has 2 heterocycles. The first-order valence-corrected chi connectivity index (χ1v) is 9.75. The Morgan fingerprint density at radius 3 is 2.54 bits per heavy atom. The van der Waals surface area contributed by atoms with Crippen LogP contribution in [-0.4, -0.2) is 43.4 Å². The van der Waals surface area contributed by atoms with Crippen LogP contribution in [0.4, 0.5) is 0 Å². The molecule has 1 aromatic carbocycles. The first-order valence-electron chi connectivity index (χ1n) is 8.10. The summed E-state index contributed by atoms with van der Waals surface area (Å²) in [5, 5.41) is 9.30. The first kappa shape index (κ1) is 18.2. The van der Waals surface area contributed by atoms with Crippen LogP contribution in [0.25, 0.3) is 0 Å². The van der Waals surface area contributed by atoms with Crippen LogP contribution in [0.1, 0.15) is 29.5 Å². The number of furan rings is 1. The van der Waals surface area contributed by atoms with E-state index >= 15 is 0 Å². The van der Waals surface area contributed by atoms with Gasteiger partial charge in [-0.25, -0.2) is 8.42 Å². The Hall–Kier alpha value is -2.61. The van der Waals surface area contributed by atoms with Gasteiger partial charge in [0.05, 0.1) is 22.3 Å². The number of hydrogen-bond donors (Lipinski definition) is 1. The number of rotatable bonds is 5. The van der Waals surface area contributed by atoms with Crippen LogP contribution >= 0.6 is 0 Å². The van der Waals surface area contributed by atoms with Crippen molar-refractivity contribution in [1.82, 2.24) is 4.90 Å². The number of aliphatic carboxylic acids is 1. The topological polar surface area (TPSA) is 105 Å². The zero-order valence-corrected chi connectivity index (χ0v) is 15.0. The SMILES string of the molecule is CC1(C(=O)O)CCN(C(=O)c2occc2CS(=O)(=O)c2ccccc2)C1. The molecule has 0 bridgehead atoms. The van der Waals surface area contributed by atoms with E-state index in [0.29, 0.717) is 6.42 Å². The van der Waals surface area contributed by atoms with Crippen LogP contribution < -0.4 is 0 Å². The fraction of sp³-hybridized carbons (Fsp3) is 0.333. The van der Waals surface area contributed by atoms with Crippen LogP contribution in [0.3, 0.4) is 0 Å². The van der Waals surface area contributed by atoms with Crippen molar-refractivity contribution in [3.63, 3.8) is 0 Å². The molecule has 1 unspecified atom stereocenters. The standard InChI is InChI=1S/C18H19NO6S/c1-18(17(21)22)8-9-19(12-18)16(20)15-13(7-10-25-15)11-26(23,24)14-5-3-2-4-6-14/h2-7,10H,8-9,11-12H2,1H3,(H,21,22). The van der Waals surface area contributed by atoms with Gasteiger partial charge in [-0.1, -0.05) is 18.2 Å². The Bertz CT molecular complexity index is 934. The molecule has 0 spiro atoms. The molecule has 7 nitrogen and oxygen atoms in total. The molecule has 1 aromatic heterocycles. The number of carbonyl (C=O) groups is 2. The van der Waals surface area contributed by atoms with Crippen molar-refractivity contribution < 1.29 is 27.5 Å². The maximum absolute atomic E-state index is 12.7. The van der Waals surface area contributed by atoms with Crippen molar-refractivity contribution in [2.24, 2.45) is 5.41 Å². The number of hydrogen-bond acceptors (Lipinski definition) is 5. The van der Waals surface area contributed by atoms with Crippen molar-refractivity contribution in [3.8, 4) is 0 Å². The predicted molar refractivity (Wildman–Crippen MR) is 92.3 cm³/mol. The van der Waals surface area contributed by atoms with Gasteiger partial charge in [0.2, 0.25) is 0 Å². The first-order chi connectivity index (χ1) is 12.2. The molecule has 1 N–H and O–H groups in total. The van der Waals surface area contributed by atoms with Gasteiger partial charge in [-0.2, -0.15) is 0 Å². The molecule has 8 heteroatoms. The maximum Gasteiger partial charge on any atom is 0.311 e. The Labute approximate surface area is 151 Å². The summed E-state index contributed by atoms with van der Waals surface area (Å²) in [4.78, 5) is 25.6. The summed E-state index contributed by atoms with van der Waals surface area (Å²) in [5.41, 5.74) is -0.735. The summed E-state index contributed by atoms with van der Waals surface area (Å²) < 4.78 is 30.3. The number of carboxylic acids is 1. The van der Waals surface area contributed by atoms with Crippen LogP contribution in [0.2, 0.25) is 0 Å². The zero-order valence-electron chi connectivity index (χ0n) is 14.2. The molecular formula is C18H19NO6S. The van der Waals surface area contributed by atoms with Crippen molar-refractivity contribution in [3.05, 3.63) is 54.0 Å². The zero-order chi connectivity index (χ0) is 18.9. The largest absolute Gasteiger partial charge is 0.481 e. The second kappa shape index (κ2) is 6.60. The van der Waals surface area contributed by atoms with Crippen LogP contribution in [0.5, 0.6) is 0 Å². The number of benzene rings is 1. The molecule has 1 aliphatic rings. The lowest BCUT2D eigenvalue weighted by Gasteiger charge is -2.19. The molecule has 1 saturated heterocycles. The monoisotopic (exact) mass is 377 g/mol. The van der Waals surface area contributed by atoms with E-state index in [9.17, 15) is 23.1 Å². The second-order valence-corrected chi connectivity index (χ2v) is 8.68. The van der Waals surface area contributed by atoms with E-state index in [1.165, 1.54) is 29.4 Å². The third kappa shape index (κ3) is 3.37. The molecule has 26 heavy (non-hydrogen) atoms. The molecule has 0 saturated carbocycles. The van der Waals surface area contributed by atoms with E-state index in [1.807, 2.05) is 0 Å². The number of carbonyl (C=O) groups excluding carboxylic acids is 1. The van der Waals surface area contributed by atoms with E-state index in [-0.39, 0.29) is 35.1 Å². The number of carboxylic acid groups (broad SMARTS) is 1. The summed E-state index contributed by atoms with van der Waals surface area (Å²) in [5.74, 6) is -1.87. The van der Waals surface area contributed by atoms with Gasteiger partial charge in [-0.3, -0.25) is 9.59 Å². The number of nitrogens with zero attached hydrogens (tertiary/aromatic N) is 1. The third-order valence-electron chi connectivity index (χ3n) is 4.67. The van der Waals surface area contributed by atoms with Gasteiger partial charge >= 0.3 is 5.97 Å². The van der Waals surface area contributed by atoms with Gasteiger partial charge in [0.15, 0.2) is 15.6 Å². The molecule has 3 rings (SSSR count). The van der Waals surface area contributed by atoms with Crippen molar-refractivity contribution in [2.45, 2.75) is 24.0 Å². The van der Waals surface area contributed by atoms with Crippen molar-refractivity contribution in [2.75, 3.05) is 13.1 Å². The second-order valence-electron chi connectivity index (χ2n) is 6.69. The summed E-state index contributed by atoms with van der Waals surface area (Å²) in [6.07, 6.45) is 1.61. The van der Waals surface area contributed by atoms with Crippen LogP contribution in [0.15, 0.2) is 52.0 Å². The molecule has 1 aliphatic heterocycles. The summed E-state index contributed by atoms with van der Waals surface area (Å²) in [7, 11) is -3.62. The highest BCUT2D eigenvalue weighted by molar-refractivity contribution is 7.90. The lowest BCUT2D eigenvalue weighted by Crippen LogP contribution is -2.35. The molecular weight excluding hydrogens is 358 g/mol. The number of amides is 1. The minimum atomic E-state index is -3.62. The molecule has 0 aliphatic carbocycles. The van der Waals surface area contributed by atoms with Gasteiger partial charge in [-0.15, -0.1) is 0 Å². The Balaban J connectivity index is 1.81. The normalized spacial score (nSPS) is 20.3. The van der Waals surface area contributed by atoms with Gasteiger partial charge < -0.3 is 14.4 Å². The van der Waals surface area contributed by atoms with E-state index in [2.05, 4.69) is 0 Å². The molecule has 0 radical (unpaired) electrons. The minimum absolute atomic E-state index is 0.0563. The van der Waals surface area contributed by atoms with Crippen molar-refractivity contribution >= 4 is 21.7 Å². The summed E-state index contributed by atoms with van der Waals surface area (Å²) in [6, 6.07) is 9.43. The molecule has 2 aromatic rings. The quantitative estimate of drug-likeness (QED) is 0.856. The minimum Gasteiger partial charge on any atom is -0.481 e. The van der Waals surface area contributed by atoms with Gasteiger partial charge in [0, 0.05) is 18.7 Å². The van der Waals surface area contributed by atoms with Crippen molar-refractivity contribution in [1.29, 1.82) is 0 Å².